The predicted molar refractivity (Wildman–Crippen MR) is 96.3 cm³/mol. The van der Waals surface area contributed by atoms with Crippen LogP contribution in [0.3, 0.4) is 0 Å². The van der Waals surface area contributed by atoms with Crippen LogP contribution in [0.2, 0.25) is 0 Å². The van der Waals surface area contributed by atoms with E-state index in [4.69, 9.17) is 5.11 Å². The van der Waals surface area contributed by atoms with Gasteiger partial charge in [0.1, 0.15) is 5.82 Å². The molecule has 2 aromatic carbocycles. The van der Waals surface area contributed by atoms with Crippen molar-refractivity contribution in [3.05, 3.63) is 77.7 Å². The smallest absolute Gasteiger partial charge is 0.132 e. The molecular formula is C20H22FN3O. The van der Waals surface area contributed by atoms with E-state index in [1.54, 1.807) is 18.3 Å². The SMILES string of the molecule is OCCCC(NCc1cn[nH]c1-c1ccccc1F)c1ccccc1. The van der Waals surface area contributed by atoms with Gasteiger partial charge < -0.3 is 10.4 Å². The highest BCUT2D eigenvalue weighted by molar-refractivity contribution is 5.63. The summed E-state index contributed by atoms with van der Waals surface area (Å²) in [6.07, 6.45) is 3.27. The normalized spacial score (nSPS) is 12.2. The van der Waals surface area contributed by atoms with E-state index in [2.05, 4.69) is 27.6 Å². The minimum Gasteiger partial charge on any atom is -0.396 e. The number of hydrogen-bond donors (Lipinski definition) is 3. The second-order valence-electron chi connectivity index (χ2n) is 5.96. The lowest BCUT2D eigenvalue weighted by atomic mass is 10.0. The summed E-state index contributed by atoms with van der Waals surface area (Å²) < 4.78 is 14.1. The van der Waals surface area contributed by atoms with E-state index in [0.29, 0.717) is 17.8 Å². The third-order valence-corrected chi connectivity index (χ3v) is 4.25. The lowest BCUT2D eigenvalue weighted by Crippen LogP contribution is -2.21. The molecule has 130 valence electrons. The topological polar surface area (TPSA) is 60.9 Å². The van der Waals surface area contributed by atoms with Crippen molar-refractivity contribution in [2.24, 2.45) is 0 Å². The number of halogens is 1. The molecular weight excluding hydrogens is 317 g/mol. The number of benzene rings is 2. The van der Waals surface area contributed by atoms with Gasteiger partial charge in [0.25, 0.3) is 0 Å². The predicted octanol–water partition coefficient (Wildman–Crippen LogP) is 3.82. The fraction of sp³-hybridized carbons (Fsp3) is 0.250. The number of rotatable bonds is 8. The van der Waals surface area contributed by atoms with Gasteiger partial charge in [-0.15, -0.1) is 0 Å². The summed E-state index contributed by atoms with van der Waals surface area (Å²) in [5.41, 5.74) is 3.30. The maximum Gasteiger partial charge on any atom is 0.132 e. The molecule has 0 bridgehead atoms. The molecule has 0 saturated heterocycles. The lowest BCUT2D eigenvalue weighted by molar-refractivity contribution is 0.275. The average molecular weight is 339 g/mol. The number of nitrogens with zero attached hydrogens (tertiary/aromatic N) is 1. The molecule has 3 aromatic rings. The summed E-state index contributed by atoms with van der Waals surface area (Å²) in [6.45, 7) is 0.725. The molecule has 25 heavy (non-hydrogen) atoms. The van der Waals surface area contributed by atoms with E-state index in [-0.39, 0.29) is 18.5 Å². The molecule has 1 aromatic heterocycles. The minimum absolute atomic E-state index is 0.122. The second-order valence-corrected chi connectivity index (χ2v) is 5.96. The first-order chi connectivity index (χ1) is 12.3. The van der Waals surface area contributed by atoms with Gasteiger partial charge in [0.2, 0.25) is 0 Å². The average Bonchev–Trinajstić information content (AvgIpc) is 3.11. The van der Waals surface area contributed by atoms with Crippen LogP contribution in [-0.2, 0) is 6.54 Å². The number of aromatic amines is 1. The summed E-state index contributed by atoms with van der Waals surface area (Å²) in [7, 11) is 0. The highest BCUT2D eigenvalue weighted by atomic mass is 19.1. The number of nitrogens with one attached hydrogen (secondary N) is 2. The van der Waals surface area contributed by atoms with Gasteiger partial charge in [-0.3, -0.25) is 5.10 Å². The molecule has 0 radical (unpaired) electrons. The molecule has 3 N–H and O–H groups in total. The van der Waals surface area contributed by atoms with Crippen LogP contribution in [0.25, 0.3) is 11.3 Å². The largest absolute Gasteiger partial charge is 0.396 e. The Labute approximate surface area is 146 Å². The van der Waals surface area contributed by atoms with Gasteiger partial charge in [0.15, 0.2) is 0 Å². The van der Waals surface area contributed by atoms with Crippen LogP contribution in [0, 0.1) is 5.82 Å². The molecule has 0 spiro atoms. The fourth-order valence-electron chi connectivity index (χ4n) is 2.94. The molecule has 0 aliphatic carbocycles. The Kier molecular flexibility index (Phi) is 5.93. The van der Waals surface area contributed by atoms with Crippen molar-refractivity contribution < 1.29 is 9.50 Å². The third kappa shape index (κ3) is 4.32. The van der Waals surface area contributed by atoms with Crippen molar-refractivity contribution in [1.29, 1.82) is 0 Å². The van der Waals surface area contributed by atoms with Gasteiger partial charge in [-0.25, -0.2) is 4.39 Å². The molecule has 4 nitrogen and oxygen atoms in total. The highest BCUT2D eigenvalue weighted by Gasteiger charge is 2.15. The Hall–Kier alpha value is -2.50. The highest BCUT2D eigenvalue weighted by Crippen LogP contribution is 2.25. The number of H-pyrrole nitrogens is 1. The van der Waals surface area contributed by atoms with Crippen LogP contribution in [-0.4, -0.2) is 21.9 Å². The molecule has 1 atom stereocenters. The monoisotopic (exact) mass is 339 g/mol. The van der Waals surface area contributed by atoms with Gasteiger partial charge in [-0.05, 0) is 30.5 Å². The van der Waals surface area contributed by atoms with Crippen molar-refractivity contribution in [2.45, 2.75) is 25.4 Å². The van der Waals surface area contributed by atoms with Crippen molar-refractivity contribution in [3.63, 3.8) is 0 Å². The molecule has 0 fully saturated rings. The van der Waals surface area contributed by atoms with Crippen LogP contribution in [0.15, 0.2) is 60.8 Å². The zero-order valence-electron chi connectivity index (χ0n) is 14.0. The van der Waals surface area contributed by atoms with E-state index in [1.807, 2.05) is 24.3 Å². The van der Waals surface area contributed by atoms with Gasteiger partial charge >= 0.3 is 0 Å². The zero-order chi connectivity index (χ0) is 17.5. The second kappa shape index (κ2) is 8.55. The molecule has 0 amide bonds. The standard InChI is InChI=1S/C20H22FN3O/c21-18-10-5-4-9-17(18)20-16(14-23-24-20)13-22-19(11-6-12-25)15-7-2-1-3-8-15/h1-5,7-10,14,19,22,25H,6,11-13H2,(H,23,24). The van der Waals surface area contributed by atoms with Gasteiger partial charge in [0.05, 0.1) is 11.9 Å². The third-order valence-electron chi connectivity index (χ3n) is 4.25. The van der Waals surface area contributed by atoms with Crippen LogP contribution >= 0.6 is 0 Å². The maximum atomic E-state index is 14.1. The quantitative estimate of drug-likeness (QED) is 0.585. The molecule has 0 aliphatic heterocycles. The van der Waals surface area contributed by atoms with Crippen LogP contribution in [0.5, 0.6) is 0 Å². The van der Waals surface area contributed by atoms with E-state index in [1.165, 1.54) is 11.6 Å². The van der Waals surface area contributed by atoms with E-state index in [9.17, 15) is 4.39 Å². The van der Waals surface area contributed by atoms with Gasteiger partial charge in [-0.1, -0.05) is 42.5 Å². The molecule has 5 heteroatoms. The van der Waals surface area contributed by atoms with Crippen molar-refractivity contribution in [2.75, 3.05) is 6.61 Å². The molecule has 1 heterocycles. The van der Waals surface area contributed by atoms with E-state index in [0.717, 1.165) is 18.4 Å². The maximum absolute atomic E-state index is 14.1. The summed E-state index contributed by atoms with van der Waals surface area (Å²) in [4.78, 5) is 0. The summed E-state index contributed by atoms with van der Waals surface area (Å²) in [5, 5.41) is 19.6. The van der Waals surface area contributed by atoms with Gasteiger partial charge in [0, 0.05) is 30.3 Å². The van der Waals surface area contributed by atoms with Crippen molar-refractivity contribution in [3.8, 4) is 11.3 Å². The molecule has 3 rings (SSSR count). The number of aromatic nitrogens is 2. The fourth-order valence-corrected chi connectivity index (χ4v) is 2.94. The first-order valence-electron chi connectivity index (χ1n) is 8.46. The van der Waals surface area contributed by atoms with Crippen LogP contribution < -0.4 is 5.32 Å². The van der Waals surface area contributed by atoms with Crippen LogP contribution in [0.4, 0.5) is 4.39 Å². The van der Waals surface area contributed by atoms with Crippen molar-refractivity contribution >= 4 is 0 Å². The lowest BCUT2D eigenvalue weighted by Gasteiger charge is -2.19. The molecule has 0 aliphatic rings. The molecule has 0 saturated carbocycles. The Morgan fingerprint density at radius 1 is 1.08 bits per heavy atom. The Balaban J connectivity index is 1.76. The van der Waals surface area contributed by atoms with E-state index >= 15 is 0 Å². The summed E-state index contributed by atoms with van der Waals surface area (Å²) in [5.74, 6) is -0.270. The van der Waals surface area contributed by atoms with E-state index < -0.39 is 0 Å². The Morgan fingerprint density at radius 2 is 1.84 bits per heavy atom. The Bertz CT molecular complexity index is 788. The molecule has 1 unspecified atom stereocenters. The Morgan fingerprint density at radius 3 is 2.60 bits per heavy atom. The van der Waals surface area contributed by atoms with Crippen LogP contribution in [0.1, 0.15) is 30.0 Å². The number of aliphatic hydroxyl groups excluding tert-OH is 1. The van der Waals surface area contributed by atoms with Crippen molar-refractivity contribution in [1.82, 2.24) is 15.5 Å². The zero-order valence-corrected chi connectivity index (χ0v) is 14.0. The summed E-state index contributed by atoms with van der Waals surface area (Å²) >= 11 is 0. The van der Waals surface area contributed by atoms with Gasteiger partial charge in [-0.2, -0.15) is 5.10 Å². The number of aliphatic hydroxyl groups is 1. The first kappa shape index (κ1) is 17.3. The minimum atomic E-state index is -0.270. The number of hydrogen-bond acceptors (Lipinski definition) is 3. The first-order valence-corrected chi connectivity index (χ1v) is 8.46. The summed E-state index contributed by atoms with van der Waals surface area (Å²) in [6, 6.07) is 16.9.